The van der Waals surface area contributed by atoms with Crippen LogP contribution in [0, 0.1) is 20.2 Å². The summed E-state index contributed by atoms with van der Waals surface area (Å²) in [6.07, 6.45) is -5.07. The van der Waals surface area contributed by atoms with Crippen molar-refractivity contribution in [1.29, 1.82) is 0 Å². The third-order valence-electron chi connectivity index (χ3n) is 3.10. The standard InChI is InChI=1S/C13H6ClF3N2O7S/c14-27(24,25)9-3-1-8(2-4-9)26-12-10(18(20)21)5-7(13(15,16)17)6-11(12)19(22)23/h1-6H. The lowest BCUT2D eigenvalue weighted by Gasteiger charge is -2.11. The van der Waals surface area contributed by atoms with E-state index in [0.29, 0.717) is 0 Å². The van der Waals surface area contributed by atoms with E-state index in [0.717, 1.165) is 24.3 Å². The Morgan fingerprint density at radius 3 is 1.74 bits per heavy atom. The second-order valence-electron chi connectivity index (χ2n) is 4.87. The van der Waals surface area contributed by atoms with E-state index in [1.165, 1.54) is 0 Å². The van der Waals surface area contributed by atoms with Gasteiger partial charge in [0.25, 0.3) is 14.8 Å². The molecule has 144 valence electrons. The molecule has 2 aromatic rings. The molecule has 0 bridgehead atoms. The summed E-state index contributed by atoms with van der Waals surface area (Å²) in [7, 11) is 1.03. The van der Waals surface area contributed by atoms with Gasteiger partial charge >= 0.3 is 17.6 Å². The van der Waals surface area contributed by atoms with Gasteiger partial charge in [-0.25, -0.2) is 8.42 Å². The highest BCUT2D eigenvalue weighted by Gasteiger charge is 2.38. The van der Waals surface area contributed by atoms with Gasteiger partial charge in [-0.1, -0.05) is 0 Å². The second-order valence-corrected chi connectivity index (χ2v) is 7.43. The molecule has 0 aliphatic carbocycles. The van der Waals surface area contributed by atoms with Crippen LogP contribution in [0.5, 0.6) is 11.5 Å². The van der Waals surface area contributed by atoms with Gasteiger partial charge in [-0.15, -0.1) is 0 Å². The van der Waals surface area contributed by atoms with Crippen LogP contribution in [0.2, 0.25) is 0 Å². The van der Waals surface area contributed by atoms with Crippen LogP contribution < -0.4 is 4.74 Å². The fourth-order valence-corrected chi connectivity index (χ4v) is 2.70. The van der Waals surface area contributed by atoms with Crippen LogP contribution in [0.1, 0.15) is 5.56 Å². The Morgan fingerprint density at radius 1 is 0.963 bits per heavy atom. The first-order valence-corrected chi connectivity index (χ1v) is 8.88. The molecule has 0 aromatic heterocycles. The molecular formula is C13H6ClF3N2O7S. The molecule has 0 atom stereocenters. The van der Waals surface area contributed by atoms with Gasteiger partial charge in [-0.3, -0.25) is 20.2 Å². The van der Waals surface area contributed by atoms with Crippen LogP contribution in [-0.4, -0.2) is 18.3 Å². The zero-order valence-electron chi connectivity index (χ0n) is 12.6. The summed E-state index contributed by atoms with van der Waals surface area (Å²) in [5, 5.41) is 22.2. The lowest BCUT2D eigenvalue weighted by atomic mass is 10.1. The summed E-state index contributed by atoms with van der Waals surface area (Å²) in [6.45, 7) is 0. The molecule has 0 fully saturated rings. The summed E-state index contributed by atoms with van der Waals surface area (Å²) in [4.78, 5) is 19.3. The molecule has 0 spiro atoms. The molecule has 0 unspecified atom stereocenters. The van der Waals surface area contributed by atoms with Gasteiger partial charge in [0, 0.05) is 22.8 Å². The second kappa shape index (κ2) is 7.00. The van der Waals surface area contributed by atoms with Crippen LogP contribution in [-0.2, 0) is 15.2 Å². The number of ether oxygens (including phenoxy) is 1. The molecule has 2 aromatic carbocycles. The molecule has 9 nitrogen and oxygen atoms in total. The first kappa shape index (κ1) is 20.4. The highest BCUT2D eigenvalue weighted by atomic mass is 35.7. The van der Waals surface area contributed by atoms with Gasteiger partial charge in [0.1, 0.15) is 5.75 Å². The SMILES string of the molecule is O=[N+]([O-])c1cc(C(F)(F)F)cc([N+](=O)[O-])c1Oc1ccc(S(=O)(=O)Cl)cc1. The van der Waals surface area contributed by atoms with Crippen LogP contribution in [0.15, 0.2) is 41.3 Å². The van der Waals surface area contributed by atoms with Gasteiger partial charge < -0.3 is 4.74 Å². The Balaban J connectivity index is 2.61. The Hall–Kier alpha value is -2.93. The summed E-state index contributed by atoms with van der Waals surface area (Å²) in [6, 6.07) is 4.03. The molecule has 0 radical (unpaired) electrons. The van der Waals surface area contributed by atoms with Crippen LogP contribution in [0.4, 0.5) is 24.5 Å². The van der Waals surface area contributed by atoms with Gasteiger partial charge in [0.15, 0.2) is 0 Å². The van der Waals surface area contributed by atoms with Crippen molar-refractivity contribution in [2.75, 3.05) is 0 Å². The van der Waals surface area contributed by atoms with Crippen molar-refractivity contribution >= 4 is 31.1 Å². The maximum Gasteiger partial charge on any atom is 0.416 e. The highest BCUT2D eigenvalue weighted by molar-refractivity contribution is 8.13. The molecular weight excluding hydrogens is 421 g/mol. The maximum atomic E-state index is 12.8. The largest absolute Gasteiger partial charge is 0.444 e. The monoisotopic (exact) mass is 426 g/mol. The lowest BCUT2D eigenvalue weighted by Crippen LogP contribution is -2.08. The van der Waals surface area contributed by atoms with E-state index in [4.69, 9.17) is 15.4 Å². The number of alkyl halides is 3. The smallest absolute Gasteiger partial charge is 0.416 e. The number of hydrogen-bond acceptors (Lipinski definition) is 7. The van der Waals surface area contributed by atoms with Crippen LogP contribution in [0.3, 0.4) is 0 Å². The predicted molar refractivity (Wildman–Crippen MR) is 84.3 cm³/mol. The quantitative estimate of drug-likeness (QED) is 0.397. The lowest BCUT2D eigenvalue weighted by molar-refractivity contribution is -0.396. The number of nitrogens with zero attached hydrogens (tertiary/aromatic N) is 2. The van der Waals surface area contributed by atoms with E-state index < -0.39 is 47.8 Å². The first-order chi connectivity index (χ1) is 12.3. The number of halogens is 4. The summed E-state index contributed by atoms with van der Waals surface area (Å²) >= 11 is 0. The van der Waals surface area contributed by atoms with Crippen molar-refractivity contribution in [3.63, 3.8) is 0 Å². The summed E-state index contributed by atoms with van der Waals surface area (Å²) in [5.41, 5.74) is -4.17. The number of nitro benzene ring substituents is 2. The average molecular weight is 427 g/mol. The number of rotatable bonds is 5. The number of hydrogen-bond donors (Lipinski definition) is 0. The van der Waals surface area contributed by atoms with Crippen molar-refractivity contribution < 1.29 is 36.2 Å². The molecule has 0 heterocycles. The highest BCUT2D eigenvalue weighted by Crippen LogP contribution is 2.44. The molecule has 0 saturated heterocycles. The zero-order valence-corrected chi connectivity index (χ0v) is 14.2. The zero-order chi connectivity index (χ0) is 20.6. The molecule has 27 heavy (non-hydrogen) atoms. The number of benzene rings is 2. The van der Waals surface area contributed by atoms with Crippen molar-refractivity contribution in [3.05, 3.63) is 62.2 Å². The molecule has 0 aliphatic heterocycles. The van der Waals surface area contributed by atoms with Crippen LogP contribution in [0.25, 0.3) is 0 Å². The normalized spacial score (nSPS) is 11.9. The van der Waals surface area contributed by atoms with Crippen molar-refractivity contribution in [2.24, 2.45) is 0 Å². The van der Waals surface area contributed by atoms with E-state index >= 15 is 0 Å². The van der Waals surface area contributed by atoms with Gasteiger partial charge in [0.05, 0.1) is 20.3 Å². The van der Waals surface area contributed by atoms with E-state index in [-0.39, 0.29) is 22.8 Å². The third-order valence-corrected chi connectivity index (χ3v) is 4.47. The third kappa shape index (κ3) is 4.62. The molecule has 2 rings (SSSR count). The summed E-state index contributed by atoms with van der Waals surface area (Å²) in [5.74, 6) is -1.34. The Morgan fingerprint density at radius 2 is 1.41 bits per heavy atom. The number of nitro groups is 2. The van der Waals surface area contributed by atoms with E-state index in [9.17, 15) is 41.8 Å². The minimum absolute atomic E-state index is 0.0971. The van der Waals surface area contributed by atoms with Gasteiger partial charge in [-0.2, -0.15) is 13.2 Å². The van der Waals surface area contributed by atoms with Crippen molar-refractivity contribution in [3.8, 4) is 11.5 Å². The van der Waals surface area contributed by atoms with Crippen LogP contribution >= 0.6 is 10.7 Å². The van der Waals surface area contributed by atoms with Crippen molar-refractivity contribution in [2.45, 2.75) is 11.1 Å². The average Bonchev–Trinajstić information content (AvgIpc) is 2.53. The van der Waals surface area contributed by atoms with E-state index in [1.807, 2.05) is 0 Å². The maximum absolute atomic E-state index is 12.8. The van der Waals surface area contributed by atoms with E-state index in [1.54, 1.807) is 0 Å². The molecule has 0 N–H and O–H groups in total. The first-order valence-electron chi connectivity index (χ1n) is 6.57. The Bertz CT molecular complexity index is 988. The summed E-state index contributed by atoms with van der Waals surface area (Å²) < 4.78 is 65.8. The Labute approximate surface area is 152 Å². The van der Waals surface area contributed by atoms with Gasteiger partial charge in [-0.05, 0) is 24.3 Å². The minimum Gasteiger partial charge on any atom is -0.444 e. The predicted octanol–water partition coefficient (Wildman–Crippen LogP) is 4.24. The van der Waals surface area contributed by atoms with Crippen molar-refractivity contribution in [1.82, 2.24) is 0 Å². The topological polar surface area (TPSA) is 130 Å². The fourth-order valence-electron chi connectivity index (χ4n) is 1.93. The van der Waals surface area contributed by atoms with E-state index in [2.05, 4.69) is 0 Å². The van der Waals surface area contributed by atoms with Gasteiger partial charge in [0.2, 0.25) is 0 Å². The molecule has 0 saturated carbocycles. The molecule has 0 aliphatic rings. The minimum atomic E-state index is -5.07. The molecule has 14 heteroatoms. The Kier molecular flexibility index (Phi) is 5.28. The fraction of sp³-hybridized carbons (Fsp3) is 0.0769. The molecule has 0 amide bonds.